The molecule has 0 bridgehead atoms. The first-order valence-corrected chi connectivity index (χ1v) is 8.33. The van der Waals surface area contributed by atoms with Gasteiger partial charge in [-0.25, -0.2) is 0 Å². The maximum absolute atomic E-state index is 6.33. The molecule has 1 aromatic rings. The molecule has 20 heavy (non-hydrogen) atoms. The Labute approximate surface area is 131 Å². The normalized spacial score (nSPS) is 22.4. The molecule has 2 rings (SSSR count). The molecule has 112 valence electrons. The van der Waals surface area contributed by atoms with E-state index in [1.165, 1.54) is 18.4 Å². The van der Waals surface area contributed by atoms with Gasteiger partial charge in [0.2, 0.25) is 0 Å². The van der Waals surface area contributed by atoms with Crippen molar-refractivity contribution >= 4 is 15.9 Å². The van der Waals surface area contributed by atoms with Crippen LogP contribution in [-0.4, -0.2) is 12.1 Å². The van der Waals surface area contributed by atoms with E-state index in [0.29, 0.717) is 11.5 Å². The summed E-state index contributed by atoms with van der Waals surface area (Å²) in [7, 11) is 0. The smallest absolute Gasteiger partial charge is 0.0976 e. The van der Waals surface area contributed by atoms with Gasteiger partial charge in [-0.3, -0.25) is 0 Å². The molecule has 1 saturated carbocycles. The quantitative estimate of drug-likeness (QED) is 0.853. The van der Waals surface area contributed by atoms with Gasteiger partial charge in [0.05, 0.1) is 12.2 Å². The summed E-state index contributed by atoms with van der Waals surface area (Å²) in [4.78, 5) is 0. The van der Waals surface area contributed by atoms with E-state index >= 15 is 0 Å². The summed E-state index contributed by atoms with van der Waals surface area (Å²) in [5.74, 6) is 0. The summed E-state index contributed by atoms with van der Waals surface area (Å²) in [5.41, 5.74) is 7.79. The summed E-state index contributed by atoms with van der Waals surface area (Å²) < 4.78 is 7.42. The van der Waals surface area contributed by atoms with Crippen LogP contribution in [0.4, 0.5) is 0 Å². The average Bonchev–Trinajstić information content (AvgIpc) is 2.38. The number of halogens is 1. The molecule has 1 aliphatic rings. The molecule has 0 heterocycles. The van der Waals surface area contributed by atoms with E-state index < -0.39 is 0 Å². The average molecular weight is 340 g/mol. The minimum atomic E-state index is -0.00527. The van der Waals surface area contributed by atoms with E-state index in [2.05, 4.69) is 54.0 Å². The Morgan fingerprint density at radius 2 is 1.75 bits per heavy atom. The lowest BCUT2D eigenvalue weighted by atomic mass is 9.76. The van der Waals surface area contributed by atoms with Crippen LogP contribution in [0.25, 0.3) is 0 Å². The summed E-state index contributed by atoms with van der Waals surface area (Å²) in [6.45, 7) is 6.72. The Bertz CT molecular complexity index is 417. The van der Waals surface area contributed by atoms with Crippen molar-refractivity contribution in [1.82, 2.24) is 0 Å². The molecule has 0 amide bonds. The van der Waals surface area contributed by atoms with Crippen LogP contribution >= 0.6 is 15.9 Å². The molecule has 0 spiro atoms. The Hall–Kier alpha value is -0.380. The molecule has 1 aromatic carbocycles. The maximum Gasteiger partial charge on any atom is 0.0976 e. The molecule has 1 fully saturated rings. The van der Waals surface area contributed by atoms with E-state index in [1.54, 1.807) is 0 Å². The van der Waals surface area contributed by atoms with Crippen LogP contribution in [0.3, 0.4) is 0 Å². The molecule has 0 radical (unpaired) electrons. The SMILES string of the molecule is CC(N)C(OC1CCC(C)(C)CC1)c1ccc(Br)cc1. The largest absolute Gasteiger partial charge is 0.369 e. The predicted molar refractivity (Wildman–Crippen MR) is 87.7 cm³/mol. The van der Waals surface area contributed by atoms with Gasteiger partial charge in [0, 0.05) is 10.5 Å². The predicted octanol–water partition coefficient (Wildman–Crippen LogP) is 4.82. The molecule has 1 aliphatic carbocycles. The van der Waals surface area contributed by atoms with E-state index in [4.69, 9.17) is 10.5 Å². The fourth-order valence-electron chi connectivity index (χ4n) is 2.87. The maximum atomic E-state index is 6.33. The second-order valence-electron chi connectivity index (χ2n) is 6.83. The second-order valence-corrected chi connectivity index (χ2v) is 7.75. The molecule has 2 N–H and O–H groups in total. The highest BCUT2D eigenvalue weighted by Gasteiger charge is 2.30. The summed E-state index contributed by atoms with van der Waals surface area (Å²) >= 11 is 3.47. The van der Waals surface area contributed by atoms with Gasteiger partial charge in [-0.2, -0.15) is 0 Å². The number of nitrogens with two attached hydrogens (primary N) is 1. The van der Waals surface area contributed by atoms with Crippen molar-refractivity contribution in [3.8, 4) is 0 Å². The van der Waals surface area contributed by atoms with E-state index in [1.807, 2.05) is 6.92 Å². The number of benzene rings is 1. The van der Waals surface area contributed by atoms with Gasteiger partial charge in [-0.1, -0.05) is 41.9 Å². The van der Waals surface area contributed by atoms with Crippen molar-refractivity contribution in [1.29, 1.82) is 0 Å². The Morgan fingerprint density at radius 3 is 2.25 bits per heavy atom. The monoisotopic (exact) mass is 339 g/mol. The van der Waals surface area contributed by atoms with Gasteiger partial charge < -0.3 is 10.5 Å². The molecule has 3 heteroatoms. The van der Waals surface area contributed by atoms with Crippen LogP contribution < -0.4 is 5.73 Å². The standard InChI is InChI=1S/C17H26BrNO/c1-12(19)16(13-4-6-14(18)7-5-13)20-15-8-10-17(2,3)11-9-15/h4-7,12,15-16H,8-11,19H2,1-3H3. The highest BCUT2D eigenvalue weighted by Crippen LogP contribution is 2.38. The Kier molecular flexibility index (Phi) is 5.27. The Morgan fingerprint density at radius 1 is 1.20 bits per heavy atom. The third kappa shape index (κ3) is 4.31. The summed E-state index contributed by atoms with van der Waals surface area (Å²) in [5, 5.41) is 0. The van der Waals surface area contributed by atoms with Crippen molar-refractivity contribution in [2.24, 2.45) is 11.1 Å². The lowest BCUT2D eigenvalue weighted by molar-refractivity contribution is -0.0548. The molecule has 0 saturated heterocycles. The zero-order valence-electron chi connectivity index (χ0n) is 12.7. The van der Waals surface area contributed by atoms with E-state index in [9.17, 15) is 0 Å². The van der Waals surface area contributed by atoms with Crippen LogP contribution in [0, 0.1) is 5.41 Å². The number of ether oxygens (including phenoxy) is 1. The highest BCUT2D eigenvalue weighted by atomic mass is 79.9. The van der Waals surface area contributed by atoms with E-state index in [-0.39, 0.29) is 12.1 Å². The third-order valence-corrected chi connectivity index (χ3v) is 4.83. The molecule has 2 atom stereocenters. The molecule has 0 aliphatic heterocycles. The molecular weight excluding hydrogens is 314 g/mol. The van der Waals surface area contributed by atoms with Crippen LogP contribution in [0.2, 0.25) is 0 Å². The first kappa shape index (κ1) is 16.0. The van der Waals surface area contributed by atoms with Gasteiger partial charge in [0.25, 0.3) is 0 Å². The number of hydrogen-bond acceptors (Lipinski definition) is 2. The van der Waals surface area contributed by atoms with Crippen molar-refractivity contribution in [2.45, 2.75) is 64.7 Å². The molecule has 0 aromatic heterocycles. The molecular formula is C17H26BrNO. The fourth-order valence-corrected chi connectivity index (χ4v) is 3.14. The van der Waals surface area contributed by atoms with Gasteiger partial charge in [-0.15, -0.1) is 0 Å². The van der Waals surface area contributed by atoms with Crippen molar-refractivity contribution in [2.75, 3.05) is 0 Å². The van der Waals surface area contributed by atoms with Gasteiger partial charge >= 0.3 is 0 Å². The topological polar surface area (TPSA) is 35.2 Å². The van der Waals surface area contributed by atoms with E-state index in [0.717, 1.165) is 17.3 Å². The third-order valence-electron chi connectivity index (χ3n) is 4.30. The minimum Gasteiger partial charge on any atom is -0.369 e. The lowest BCUT2D eigenvalue weighted by Gasteiger charge is -2.36. The number of hydrogen-bond donors (Lipinski definition) is 1. The molecule has 2 nitrogen and oxygen atoms in total. The molecule has 2 unspecified atom stereocenters. The van der Waals surface area contributed by atoms with Crippen molar-refractivity contribution in [3.05, 3.63) is 34.3 Å². The fraction of sp³-hybridized carbons (Fsp3) is 0.647. The minimum absolute atomic E-state index is 0.00527. The van der Waals surface area contributed by atoms with Crippen LogP contribution in [0.5, 0.6) is 0 Å². The van der Waals surface area contributed by atoms with Crippen LogP contribution in [0.15, 0.2) is 28.7 Å². The van der Waals surface area contributed by atoms with Gasteiger partial charge in [-0.05, 0) is 55.7 Å². The lowest BCUT2D eigenvalue weighted by Crippen LogP contribution is -2.33. The summed E-state index contributed by atoms with van der Waals surface area (Å²) in [6, 6.07) is 8.32. The zero-order valence-corrected chi connectivity index (χ0v) is 14.3. The summed E-state index contributed by atoms with van der Waals surface area (Å²) in [6.07, 6.45) is 5.12. The van der Waals surface area contributed by atoms with Crippen LogP contribution in [-0.2, 0) is 4.74 Å². The van der Waals surface area contributed by atoms with Crippen molar-refractivity contribution in [3.63, 3.8) is 0 Å². The van der Waals surface area contributed by atoms with Crippen molar-refractivity contribution < 1.29 is 4.74 Å². The first-order chi connectivity index (χ1) is 9.37. The highest BCUT2D eigenvalue weighted by molar-refractivity contribution is 9.10. The van der Waals surface area contributed by atoms with Crippen LogP contribution in [0.1, 0.15) is 58.1 Å². The zero-order chi connectivity index (χ0) is 14.8. The first-order valence-electron chi connectivity index (χ1n) is 7.54. The number of rotatable bonds is 4. The Balaban J connectivity index is 2.02. The van der Waals surface area contributed by atoms with Gasteiger partial charge in [0.1, 0.15) is 0 Å². The van der Waals surface area contributed by atoms with Gasteiger partial charge in [0.15, 0.2) is 0 Å². The second kappa shape index (κ2) is 6.59.